The highest BCUT2D eigenvalue weighted by Gasteiger charge is 2.36. The van der Waals surface area contributed by atoms with E-state index in [-0.39, 0.29) is 0 Å². The second kappa shape index (κ2) is 5.48. The van der Waals surface area contributed by atoms with Crippen LogP contribution in [0.15, 0.2) is 24.3 Å². The van der Waals surface area contributed by atoms with Gasteiger partial charge in [-0.15, -0.1) is 0 Å². The normalized spacial score (nSPS) is 10.8. The van der Waals surface area contributed by atoms with Crippen LogP contribution in [0, 0.1) is 0 Å². The van der Waals surface area contributed by atoms with Crippen molar-refractivity contribution in [1.29, 1.82) is 0 Å². The van der Waals surface area contributed by atoms with Gasteiger partial charge in [-0.3, -0.25) is 9.59 Å². The molecule has 0 fully saturated rings. The van der Waals surface area contributed by atoms with E-state index in [2.05, 4.69) is 5.32 Å². The third-order valence-electron chi connectivity index (χ3n) is 2.11. The summed E-state index contributed by atoms with van der Waals surface area (Å²) in [5.74, 6) is -5.09. The van der Waals surface area contributed by atoms with Crippen LogP contribution in [-0.4, -0.2) is 40.1 Å². The average Bonchev–Trinajstić information content (AvgIpc) is 2.28. The van der Waals surface area contributed by atoms with Gasteiger partial charge in [-0.25, -0.2) is 0 Å². The Balaban J connectivity index is 2.71. The SMILES string of the molecule is COc1ccc(NC(=O)C(O)(O)CC(=O)O)cc1. The van der Waals surface area contributed by atoms with Crippen LogP contribution >= 0.6 is 0 Å². The van der Waals surface area contributed by atoms with Gasteiger partial charge in [-0.1, -0.05) is 0 Å². The molecule has 0 spiro atoms. The molecule has 0 saturated carbocycles. The molecule has 0 aromatic heterocycles. The number of methoxy groups -OCH3 is 1. The minimum Gasteiger partial charge on any atom is -0.497 e. The molecule has 7 nitrogen and oxygen atoms in total. The molecular formula is C11H13NO6. The van der Waals surface area contributed by atoms with Gasteiger partial charge in [0.15, 0.2) is 0 Å². The van der Waals surface area contributed by atoms with Crippen molar-refractivity contribution in [3.8, 4) is 5.75 Å². The second-order valence-electron chi connectivity index (χ2n) is 3.57. The van der Waals surface area contributed by atoms with Crippen LogP contribution in [0.1, 0.15) is 6.42 Å². The van der Waals surface area contributed by atoms with E-state index in [1.54, 1.807) is 12.1 Å². The lowest BCUT2D eigenvalue weighted by Gasteiger charge is -2.18. The number of benzene rings is 1. The van der Waals surface area contributed by atoms with Gasteiger partial charge in [0.05, 0.1) is 7.11 Å². The van der Waals surface area contributed by atoms with Crippen molar-refractivity contribution in [1.82, 2.24) is 0 Å². The predicted octanol–water partition coefficient (Wildman–Crippen LogP) is -0.211. The Morgan fingerprint density at radius 3 is 2.28 bits per heavy atom. The number of carboxylic acid groups (broad SMARTS) is 1. The van der Waals surface area contributed by atoms with E-state index in [0.29, 0.717) is 11.4 Å². The molecule has 1 aromatic rings. The molecule has 1 rings (SSSR count). The Bertz CT molecular complexity index is 439. The number of nitrogens with one attached hydrogen (secondary N) is 1. The standard InChI is InChI=1S/C11H13NO6/c1-18-8-4-2-7(3-5-8)12-10(15)11(16,17)6-9(13)14/h2-5,16-17H,6H2,1H3,(H,12,15)(H,13,14). The van der Waals surface area contributed by atoms with Crippen molar-refractivity contribution in [3.05, 3.63) is 24.3 Å². The van der Waals surface area contributed by atoms with Crippen LogP contribution in [0.4, 0.5) is 5.69 Å². The largest absolute Gasteiger partial charge is 0.497 e. The molecule has 0 bridgehead atoms. The lowest BCUT2D eigenvalue weighted by Crippen LogP contribution is -2.44. The van der Waals surface area contributed by atoms with E-state index in [0.717, 1.165) is 0 Å². The van der Waals surface area contributed by atoms with E-state index in [1.807, 2.05) is 0 Å². The summed E-state index contributed by atoms with van der Waals surface area (Å²) in [6.45, 7) is 0. The molecule has 0 aliphatic heterocycles. The summed E-state index contributed by atoms with van der Waals surface area (Å²) in [6.07, 6.45) is -1.10. The Hall–Kier alpha value is -2.12. The first-order valence-corrected chi connectivity index (χ1v) is 4.97. The number of aliphatic carboxylic acids is 1. The highest BCUT2D eigenvalue weighted by Crippen LogP contribution is 2.17. The highest BCUT2D eigenvalue weighted by atomic mass is 16.5. The molecule has 0 saturated heterocycles. The number of hydrogen-bond acceptors (Lipinski definition) is 5. The summed E-state index contributed by atoms with van der Waals surface area (Å²) in [5, 5.41) is 29.1. The van der Waals surface area contributed by atoms with Crippen LogP contribution in [0.5, 0.6) is 5.75 Å². The Kier molecular flexibility index (Phi) is 4.24. The van der Waals surface area contributed by atoms with Gasteiger partial charge in [-0.05, 0) is 24.3 Å². The molecule has 1 amide bonds. The number of carbonyl (C=O) groups excluding carboxylic acids is 1. The molecule has 7 heteroatoms. The van der Waals surface area contributed by atoms with Gasteiger partial charge in [0.25, 0.3) is 11.7 Å². The molecule has 0 unspecified atom stereocenters. The molecular weight excluding hydrogens is 242 g/mol. The molecule has 0 radical (unpaired) electrons. The molecule has 18 heavy (non-hydrogen) atoms. The molecule has 0 heterocycles. The topological polar surface area (TPSA) is 116 Å². The number of anilines is 1. The minimum absolute atomic E-state index is 0.290. The van der Waals surface area contributed by atoms with Crippen molar-refractivity contribution < 1.29 is 29.6 Å². The Labute approximate surface area is 103 Å². The number of carboxylic acids is 1. The van der Waals surface area contributed by atoms with Gasteiger partial charge in [0.1, 0.15) is 12.2 Å². The third kappa shape index (κ3) is 3.72. The smallest absolute Gasteiger partial charge is 0.309 e. The average molecular weight is 255 g/mol. The fourth-order valence-corrected chi connectivity index (χ4v) is 1.20. The molecule has 0 atom stereocenters. The zero-order chi connectivity index (χ0) is 13.8. The van der Waals surface area contributed by atoms with Crippen LogP contribution in [0.25, 0.3) is 0 Å². The summed E-state index contributed by atoms with van der Waals surface area (Å²) in [5.41, 5.74) is 0.290. The van der Waals surface area contributed by atoms with Gasteiger partial charge in [-0.2, -0.15) is 0 Å². The summed E-state index contributed by atoms with van der Waals surface area (Å²) >= 11 is 0. The Morgan fingerprint density at radius 2 is 1.83 bits per heavy atom. The van der Waals surface area contributed by atoms with Crippen molar-refractivity contribution in [3.63, 3.8) is 0 Å². The molecule has 0 aliphatic carbocycles. The van der Waals surface area contributed by atoms with E-state index in [9.17, 15) is 19.8 Å². The molecule has 98 valence electrons. The fourth-order valence-electron chi connectivity index (χ4n) is 1.20. The van der Waals surface area contributed by atoms with E-state index >= 15 is 0 Å². The summed E-state index contributed by atoms with van der Waals surface area (Å²) < 4.78 is 4.90. The first-order chi connectivity index (χ1) is 8.35. The van der Waals surface area contributed by atoms with E-state index < -0.39 is 24.1 Å². The fraction of sp³-hybridized carbons (Fsp3) is 0.273. The molecule has 4 N–H and O–H groups in total. The number of carbonyl (C=O) groups is 2. The van der Waals surface area contributed by atoms with Crippen molar-refractivity contribution in [2.24, 2.45) is 0 Å². The second-order valence-corrected chi connectivity index (χ2v) is 3.57. The maximum atomic E-state index is 11.4. The first-order valence-electron chi connectivity index (χ1n) is 4.97. The van der Waals surface area contributed by atoms with Crippen molar-refractivity contribution in [2.75, 3.05) is 12.4 Å². The molecule has 0 aliphatic rings. The van der Waals surface area contributed by atoms with Gasteiger partial charge < -0.3 is 25.4 Å². The quantitative estimate of drug-likeness (QED) is 0.541. The van der Waals surface area contributed by atoms with Crippen molar-refractivity contribution >= 4 is 17.6 Å². The number of hydrogen-bond donors (Lipinski definition) is 4. The highest BCUT2D eigenvalue weighted by molar-refractivity contribution is 5.97. The van der Waals surface area contributed by atoms with E-state index in [4.69, 9.17) is 9.84 Å². The van der Waals surface area contributed by atoms with Crippen LogP contribution in [0.3, 0.4) is 0 Å². The van der Waals surface area contributed by atoms with Gasteiger partial charge >= 0.3 is 5.97 Å². The molecule has 1 aromatic carbocycles. The van der Waals surface area contributed by atoms with Crippen LogP contribution in [0.2, 0.25) is 0 Å². The van der Waals surface area contributed by atoms with E-state index in [1.165, 1.54) is 19.2 Å². The summed E-state index contributed by atoms with van der Waals surface area (Å²) in [4.78, 5) is 21.8. The monoisotopic (exact) mass is 255 g/mol. The van der Waals surface area contributed by atoms with Crippen molar-refractivity contribution in [2.45, 2.75) is 12.2 Å². The summed E-state index contributed by atoms with van der Waals surface area (Å²) in [7, 11) is 1.48. The van der Waals surface area contributed by atoms with Gasteiger partial charge in [0.2, 0.25) is 0 Å². The maximum Gasteiger partial charge on any atom is 0.309 e. The maximum absolute atomic E-state index is 11.4. The zero-order valence-electron chi connectivity index (χ0n) is 9.58. The first kappa shape index (κ1) is 13.9. The zero-order valence-corrected chi connectivity index (χ0v) is 9.58. The lowest BCUT2D eigenvalue weighted by atomic mass is 10.1. The van der Waals surface area contributed by atoms with Crippen LogP contribution < -0.4 is 10.1 Å². The number of aliphatic hydroxyl groups is 2. The number of amides is 1. The third-order valence-corrected chi connectivity index (χ3v) is 2.11. The number of ether oxygens (including phenoxy) is 1. The Morgan fingerprint density at radius 1 is 1.28 bits per heavy atom. The predicted molar refractivity (Wildman–Crippen MR) is 61.0 cm³/mol. The van der Waals surface area contributed by atoms with Gasteiger partial charge in [0, 0.05) is 5.69 Å². The van der Waals surface area contributed by atoms with Crippen LogP contribution in [-0.2, 0) is 9.59 Å². The lowest BCUT2D eigenvalue weighted by molar-refractivity contribution is -0.188. The summed E-state index contributed by atoms with van der Waals surface area (Å²) in [6, 6.07) is 6.08. The minimum atomic E-state index is -2.95. The number of rotatable bonds is 5.